The predicted molar refractivity (Wildman–Crippen MR) is 110 cm³/mol. The van der Waals surface area contributed by atoms with Crippen molar-refractivity contribution in [3.63, 3.8) is 0 Å². The van der Waals surface area contributed by atoms with Crippen molar-refractivity contribution in [2.75, 3.05) is 30.7 Å². The number of rotatable bonds is 6. The number of nitrogens with one attached hydrogen (secondary N) is 2. The van der Waals surface area contributed by atoms with Crippen molar-refractivity contribution in [2.45, 2.75) is 25.2 Å². The van der Waals surface area contributed by atoms with Crippen molar-refractivity contribution in [3.8, 4) is 0 Å². The minimum Gasteiger partial charge on any atom is -0.381 e. The average Bonchev–Trinajstić information content (AvgIpc) is 2.68. The Labute approximate surface area is 166 Å². The third kappa shape index (κ3) is 4.72. The van der Waals surface area contributed by atoms with Crippen LogP contribution >= 0.6 is 0 Å². The number of benzene rings is 2. The van der Waals surface area contributed by atoms with E-state index in [4.69, 9.17) is 4.74 Å². The van der Waals surface area contributed by atoms with Crippen LogP contribution in [0.25, 0.3) is 0 Å². The summed E-state index contributed by atoms with van der Waals surface area (Å²) in [5, 5.41) is 3.07. The van der Waals surface area contributed by atoms with Crippen molar-refractivity contribution in [3.05, 3.63) is 65.2 Å². The molecule has 2 aromatic rings. The van der Waals surface area contributed by atoms with Crippen molar-refractivity contribution >= 4 is 21.6 Å². The molecule has 0 aromatic heterocycles. The van der Waals surface area contributed by atoms with E-state index in [1.54, 1.807) is 25.1 Å². The lowest BCUT2D eigenvalue weighted by Crippen LogP contribution is -2.44. The van der Waals surface area contributed by atoms with Crippen LogP contribution in [0.15, 0.2) is 48.5 Å². The molecule has 1 aliphatic rings. The summed E-state index contributed by atoms with van der Waals surface area (Å²) in [4.78, 5) is 12.9. The summed E-state index contributed by atoms with van der Waals surface area (Å²) in [6.45, 7) is 3.57. The zero-order valence-corrected chi connectivity index (χ0v) is 17.0. The molecule has 2 aromatic carbocycles. The summed E-state index contributed by atoms with van der Waals surface area (Å²) in [6, 6.07) is 15.2. The molecule has 0 aliphatic carbocycles. The molecule has 1 amide bonds. The maximum absolute atomic E-state index is 12.9. The fourth-order valence-corrected chi connectivity index (χ4v) is 4.28. The SMILES string of the molecule is Cc1c(NS(C)(=O)=O)cccc1C(=O)NCC1(c2ccccc2)CCOCC1. The first kappa shape index (κ1) is 20.4. The molecule has 6 nitrogen and oxygen atoms in total. The van der Waals surface area contributed by atoms with Gasteiger partial charge in [-0.3, -0.25) is 9.52 Å². The maximum atomic E-state index is 12.9. The van der Waals surface area contributed by atoms with E-state index in [9.17, 15) is 13.2 Å². The lowest BCUT2D eigenvalue weighted by molar-refractivity contribution is 0.0487. The van der Waals surface area contributed by atoms with Crippen LogP contribution in [-0.2, 0) is 20.2 Å². The van der Waals surface area contributed by atoms with Crippen LogP contribution in [0, 0.1) is 6.92 Å². The van der Waals surface area contributed by atoms with Crippen LogP contribution in [0.2, 0.25) is 0 Å². The Balaban J connectivity index is 1.80. The smallest absolute Gasteiger partial charge is 0.251 e. The molecule has 3 rings (SSSR count). The molecular weight excluding hydrogens is 376 g/mol. The Hall–Kier alpha value is -2.38. The summed E-state index contributed by atoms with van der Waals surface area (Å²) in [6.07, 6.45) is 2.77. The molecule has 1 heterocycles. The number of hydrogen-bond acceptors (Lipinski definition) is 4. The highest BCUT2D eigenvalue weighted by molar-refractivity contribution is 7.92. The minimum absolute atomic E-state index is 0.161. The van der Waals surface area contributed by atoms with E-state index < -0.39 is 10.0 Å². The van der Waals surface area contributed by atoms with Gasteiger partial charge in [-0.1, -0.05) is 36.4 Å². The average molecular weight is 403 g/mol. The summed E-state index contributed by atoms with van der Waals surface area (Å²) in [5.41, 5.74) is 2.52. The molecule has 0 unspecified atom stereocenters. The second-order valence-electron chi connectivity index (χ2n) is 7.29. The zero-order chi connectivity index (χ0) is 20.2. The first-order valence-electron chi connectivity index (χ1n) is 9.30. The Morgan fingerprint density at radius 3 is 2.39 bits per heavy atom. The molecule has 2 N–H and O–H groups in total. The van der Waals surface area contributed by atoms with Gasteiger partial charge in [-0.15, -0.1) is 0 Å². The molecule has 0 spiro atoms. The van der Waals surface area contributed by atoms with Gasteiger partial charge in [-0.2, -0.15) is 0 Å². The van der Waals surface area contributed by atoms with Gasteiger partial charge in [0.15, 0.2) is 0 Å². The Morgan fingerprint density at radius 2 is 1.75 bits per heavy atom. The first-order valence-corrected chi connectivity index (χ1v) is 11.2. The zero-order valence-electron chi connectivity index (χ0n) is 16.2. The number of hydrogen-bond donors (Lipinski definition) is 2. The largest absolute Gasteiger partial charge is 0.381 e. The predicted octanol–water partition coefficient (Wildman–Crippen LogP) is 2.84. The standard InChI is InChI=1S/C21H26N2O4S/c1-16-18(9-6-10-19(16)23-28(2,25)26)20(24)22-15-21(11-13-27-14-12-21)17-7-4-3-5-8-17/h3-10,23H,11-15H2,1-2H3,(H,22,24). The van der Waals surface area contributed by atoms with E-state index in [-0.39, 0.29) is 11.3 Å². The molecule has 0 bridgehead atoms. The number of anilines is 1. The van der Waals surface area contributed by atoms with Crippen LogP contribution in [0.5, 0.6) is 0 Å². The monoisotopic (exact) mass is 402 g/mol. The highest BCUT2D eigenvalue weighted by Crippen LogP contribution is 2.34. The van der Waals surface area contributed by atoms with E-state index >= 15 is 0 Å². The Morgan fingerprint density at radius 1 is 1.07 bits per heavy atom. The minimum atomic E-state index is -3.41. The molecule has 1 saturated heterocycles. The van der Waals surface area contributed by atoms with Gasteiger partial charge in [-0.05, 0) is 43.0 Å². The van der Waals surface area contributed by atoms with Crippen LogP contribution in [-0.4, -0.2) is 40.3 Å². The van der Waals surface area contributed by atoms with Crippen LogP contribution in [0.3, 0.4) is 0 Å². The van der Waals surface area contributed by atoms with Crippen LogP contribution in [0.1, 0.15) is 34.3 Å². The van der Waals surface area contributed by atoms with E-state index in [1.165, 1.54) is 5.56 Å². The summed E-state index contributed by atoms with van der Waals surface area (Å²) >= 11 is 0. The third-order valence-electron chi connectivity index (χ3n) is 5.30. The number of sulfonamides is 1. The van der Waals surface area contributed by atoms with E-state index in [0.717, 1.165) is 19.1 Å². The second kappa shape index (κ2) is 8.32. The highest BCUT2D eigenvalue weighted by Gasteiger charge is 2.34. The van der Waals surface area contributed by atoms with Crippen molar-refractivity contribution in [1.82, 2.24) is 5.32 Å². The van der Waals surface area contributed by atoms with Gasteiger partial charge in [0.25, 0.3) is 5.91 Å². The van der Waals surface area contributed by atoms with Crippen molar-refractivity contribution in [1.29, 1.82) is 0 Å². The lowest BCUT2D eigenvalue weighted by atomic mass is 9.74. The Bertz CT molecular complexity index is 936. The number of carbonyl (C=O) groups excluding carboxylic acids is 1. The highest BCUT2D eigenvalue weighted by atomic mass is 32.2. The lowest BCUT2D eigenvalue weighted by Gasteiger charge is -2.38. The van der Waals surface area contributed by atoms with E-state index in [0.29, 0.717) is 36.6 Å². The maximum Gasteiger partial charge on any atom is 0.251 e. The molecule has 1 aliphatic heterocycles. The summed E-state index contributed by atoms with van der Waals surface area (Å²) in [5.74, 6) is -0.212. The third-order valence-corrected chi connectivity index (χ3v) is 5.89. The molecule has 0 radical (unpaired) electrons. The molecule has 0 atom stereocenters. The van der Waals surface area contributed by atoms with Crippen molar-refractivity contribution < 1.29 is 17.9 Å². The normalized spacial score (nSPS) is 16.4. The number of amides is 1. The number of carbonyl (C=O) groups is 1. The fraction of sp³-hybridized carbons (Fsp3) is 0.381. The summed E-state index contributed by atoms with van der Waals surface area (Å²) < 4.78 is 31.1. The second-order valence-corrected chi connectivity index (χ2v) is 9.04. The van der Waals surface area contributed by atoms with Gasteiger partial charge < -0.3 is 10.1 Å². The molecule has 150 valence electrons. The molecule has 1 fully saturated rings. The fourth-order valence-electron chi connectivity index (χ4n) is 3.66. The van der Waals surface area contributed by atoms with Crippen molar-refractivity contribution in [2.24, 2.45) is 0 Å². The molecular formula is C21H26N2O4S. The van der Waals surface area contributed by atoms with Gasteiger partial charge in [0.2, 0.25) is 10.0 Å². The quantitative estimate of drug-likeness (QED) is 0.778. The van der Waals surface area contributed by atoms with Gasteiger partial charge in [0.05, 0.1) is 11.9 Å². The molecule has 0 saturated carbocycles. The van der Waals surface area contributed by atoms with Gasteiger partial charge >= 0.3 is 0 Å². The van der Waals surface area contributed by atoms with Gasteiger partial charge in [0, 0.05) is 30.7 Å². The van der Waals surface area contributed by atoms with E-state index in [1.807, 2.05) is 18.2 Å². The summed E-state index contributed by atoms with van der Waals surface area (Å²) in [7, 11) is -3.41. The first-order chi connectivity index (χ1) is 13.3. The molecule has 28 heavy (non-hydrogen) atoms. The van der Waals surface area contributed by atoms with Crippen LogP contribution in [0.4, 0.5) is 5.69 Å². The van der Waals surface area contributed by atoms with Gasteiger partial charge in [0.1, 0.15) is 0 Å². The van der Waals surface area contributed by atoms with Gasteiger partial charge in [-0.25, -0.2) is 8.42 Å². The van der Waals surface area contributed by atoms with Crippen LogP contribution < -0.4 is 10.0 Å². The topological polar surface area (TPSA) is 84.5 Å². The van der Waals surface area contributed by atoms with E-state index in [2.05, 4.69) is 22.2 Å². The molecule has 7 heteroatoms. The number of ether oxygens (including phenoxy) is 1. The Kier molecular flexibility index (Phi) is 6.05.